The molecule has 19 heavy (non-hydrogen) atoms. The van der Waals surface area contributed by atoms with Crippen molar-refractivity contribution in [1.82, 2.24) is 4.98 Å². The molecular formula is C13H14N2O4. The van der Waals surface area contributed by atoms with Crippen molar-refractivity contribution in [1.29, 1.82) is 5.26 Å². The van der Waals surface area contributed by atoms with Gasteiger partial charge in [-0.3, -0.25) is 9.78 Å². The van der Waals surface area contributed by atoms with E-state index in [4.69, 9.17) is 10.00 Å². The molecule has 0 aliphatic heterocycles. The minimum Gasteiger partial charge on any atom is -0.462 e. The van der Waals surface area contributed by atoms with Gasteiger partial charge >= 0.3 is 11.9 Å². The quantitative estimate of drug-likeness (QED) is 0.717. The Labute approximate surface area is 111 Å². The van der Waals surface area contributed by atoms with Gasteiger partial charge in [0.05, 0.1) is 18.6 Å². The van der Waals surface area contributed by atoms with Gasteiger partial charge in [0.2, 0.25) is 0 Å². The minimum absolute atomic E-state index is 0.146. The lowest BCUT2D eigenvalue weighted by Gasteiger charge is -2.03. The van der Waals surface area contributed by atoms with Crippen LogP contribution in [0.4, 0.5) is 0 Å². The molecule has 0 aliphatic carbocycles. The molecule has 0 fully saturated rings. The van der Waals surface area contributed by atoms with Crippen LogP contribution in [0.3, 0.4) is 0 Å². The number of hydrogen-bond acceptors (Lipinski definition) is 6. The van der Waals surface area contributed by atoms with Gasteiger partial charge in [0, 0.05) is 18.3 Å². The van der Waals surface area contributed by atoms with E-state index in [2.05, 4.69) is 9.72 Å². The zero-order chi connectivity index (χ0) is 14.1. The fourth-order valence-corrected chi connectivity index (χ4v) is 1.32. The Kier molecular flexibility index (Phi) is 6.03. The third-order valence-electron chi connectivity index (χ3n) is 2.22. The van der Waals surface area contributed by atoms with Crippen LogP contribution in [0, 0.1) is 11.3 Å². The molecule has 1 heterocycles. The van der Waals surface area contributed by atoms with Crippen molar-refractivity contribution in [2.45, 2.75) is 19.8 Å². The van der Waals surface area contributed by atoms with Gasteiger partial charge in [-0.15, -0.1) is 0 Å². The van der Waals surface area contributed by atoms with E-state index >= 15 is 0 Å². The molecule has 0 amide bonds. The van der Waals surface area contributed by atoms with Crippen molar-refractivity contribution >= 4 is 11.9 Å². The maximum Gasteiger partial charge on any atom is 0.339 e. The summed E-state index contributed by atoms with van der Waals surface area (Å²) in [6.45, 7) is 1.80. The topological polar surface area (TPSA) is 89.3 Å². The van der Waals surface area contributed by atoms with Crippen LogP contribution >= 0.6 is 0 Å². The molecule has 0 aromatic carbocycles. The second-order valence-corrected chi connectivity index (χ2v) is 3.58. The summed E-state index contributed by atoms with van der Waals surface area (Å²) in [6.07, 6.45) is 1.95. The van der Waals surface area contributed by atoms with Crippen molar-refractivity contribution in [3.05, 3.63) is 29.6 Å². The number of nitrogens with zero attached hydrogens (tertiary/aromatic N) is 2. The van der Waals surface area contributed by atoms with Crippen LogP contribution in [0.25, 0.3) is 0 Å². The van der Waals surface area contributed by atoms with Crippen LogP contribution in [0.15, 0.2) is 18.3 Å². The maximum absolute atomic E-state index is 11.4. The van der Waals surface area contributed by atoms with Gasteiger partial charge in [-0.2, -0.15) is 5.26 Å². The highest BCUT2D eigenvalue weighted by molar-refractivity contribution is 5.88. The zero-order valence-electron chi connectivity index (χ0n) is 10.6. The minimum atomic E-state index is -0.446. The molecule has 0 aliphatic rings. The number of rotatable bonds is 6. The zero-order valence-corrected chi connectivity index (χ0v) is 10.6. The third-order valence-corrected chi connectivity index (χ3v) is 2.22. The van der Waals surface area contributed by atoms with E-state index in [1.165, 1.54) is 6.20 Å². The van der Waals surface area contributed by atoms with Gasteiger partial charge < -0.3 is 9.47 Å². The SMILES string of the molecule is CCOC(=O)c1ccc(CCC(=O)OCC#N)nc1. The molecule has 0 unspecified atom stereocenters. The van der Waals surface area contributed by atoms with Crippen LogP contribution in [0.1, 0.15) is 29.4 Å². The number of aryl methyl sites for hydroxylation is 1. The van der Waals surface area contributed by atoms with E-state index in [0.29, 0.717) is 24.3 Å². The number of nitriles is 1. The van der Waals surface area contributed by atoms with Gasteiger partial charge in [0.25, 0.3) is 0 Å². The lowest BCUT2D eigenvalue weighted by molar-refractivity contribution is -0.142. The smallest absolute Gasteiger partial charge is 0.339 e. The fourth-order valence-electron chi connectivity index (χ4n) is 1.32. The highest BCUT2D eigenvalue weighted by atomic mass is 16.5. The molecule has 6 nitrogen and oxygen atoms in total. The highest BCUT2D eigenvalue weighted by Crippen LogP contribution is 2.05. The summed E-state index contributed by atoms with van der Waals surface area (Å²) in [5.74, 6) is -0.868. The van der Waals surface area contributed by atoms with Crippen molar-refractivity contribution in [2.24, 2.45) is 0 Å². The summed E-state index contributed by atoms with van der Waals surface area (Å²) in [7, 11) is 0. The molecule has 6 heteroatoms. The summed E-state index contributed by atoms with van der Waals surface area (Å²) < 4.78 is 9.43. The van der Waals surface area contributed by atoms with Crippen LogP contribution in [-0.4, -0.2) is 30.1 Å². The van der Waals surface area contributed by atoms with Crippen LogP contribution in [-0.2, 0) is 20.7 Å². The first-order chi connectivity index (χ1) is 9.17. The Morgan fingerprint density at radius 1 is 1.37 bits per heavy atom. The fraction of sp³-hybridized carbons (Fsp3) is 0.385. The predicted octanol–water partition coefficient (Wildman–Crippen LogP) is 1.26. The van der Waals surface area contributed by atoms with Crippen molar-refractivity contribution in [3.8, 4) is 6.07 Å². The van der Waals surface area contributed by atoms with Gasteiger partial charge in [-0.25, -0.2) is 4.79 Å². The first-order valence-corrected chi connectivity index (χ1v) is 5.82. The lowest BCUT2D eigenvalue weighted by atomic mass is 10.2. The number of carbonyl (C=O) groups excluding carboxylic acids is 2. The first-order valence-electron chi connectivity index (χ1n) is 5.82. The van der Waals surface area contributed by atoms with Gasteiger partial charge in [-0.1, -0.05) is 0 Å². The number of esters is 2. The largest absolute Gasteiger partial charge is 0.462 e. The van der Waals surface area contributed by atoms with Crippen LogP contribution in [0.2, 0.25) is 0 Å². The molecule has 1 rings (SSSR count). The molecule has 0 spiro atoms. The maximum atomic E-state index is 11.4. The van der Waals surface area contributed by atoms with E-state index in [0.717, 1.165) is 0 Å². The Hall–Kier alpha value is -2.42. The summed E-state index contributed by atoms with van der Waals surface area (Å²) in [6, 6.07) is 4.97. The molecule has 0 atom stereocenters. The number of carbonyl (C=O) groups is 2. The highest BCUT2D eigenvalue weighted by Gasteiger charge is 2.08. The average Bonchev–Trinajstić information content (AvgIpc) is 2.43. The summed E-state index contributed by atoms with van der Waals surface area (Å²) >= 11 is 0. The molecule has 0 N–H and O–H groups in total. The molecule has 1 aromatic rings. The van der Waals surface area contributed by atoms with E-state index in [1.807, 2.05) is 0 Å². The van der Waals surface area contributed by atoms with Gasteiger partial charge in [-0.05, 0) is 19.1 Å². The molecule has 100 valence electrons. The Morgan fingerprint density at radius 2 is 2.16 bits per heavy atom. The van der Waals surface area contributed by atoms with Gasteiger partial charge in [0.1, 0.15) is 6.07 Å². The number of aromatic nitrogens is 1. The monoisotopic (exact) mass is 262 g/mol. The Bertz CT molecular complexity index is 476. The molecule has 1 aromatic heterocycles. The second-order valence-electron chi connectivity index (χ2n) is 3.58. The van der Waals surface area contributed by atoms with Crippen LogP contribution in [0.5, 0.6) is 0 Å². The standard InChI is InChI=1S/C13H14N2O4/c1-2-18-13(17)10-3-4-11(15-9-10)5-6-12(16)19-8-7-14/h3-4,9H,2,5-6,8H2,1H3. The van der Waals surface area contributed by atoms with E-state index in [1.54, 1.807) is 25.1 Å². The normalized spacial score (nSPS) is 9.47. The molecule has 0 bridgehead atoms. The van der Waals surface area contributed by atoms with Crippen LogP contribution < -0.4 is 0 Å². The van der Waals surface area contributed by atoms with E-state index in [-0.39, 0.29) is 13.0 Å². The molecule has 0 saturated carbocycles. The first kappa shape index (κ1) is 14.6. The lowest BCUT2D eigenvalue weighted by Crippen LogP contribution is -2.08. The molecular weight excluding hydrogens is 248 g/mol. The van der Waals surface area contributed by atoms with Crippen molar-refractivity contribution in [2.75, 3.05) is 13.2 Å². The van der Waals surface area contributed by atoms with E-state index < -0.39 is 11.9 Å². The Morgan fingerprint density at radius 3 is 2.74 bits per heavy atom. The number of ether oxygens (including phenoxy) is 2. The number of pyridine rings is 1. The average molecular weight is 262 g/mol. The van der Waals surface area contributed by atoms with Crippen molar-refractivity contribution in [3.63, 3.8) is 0 Å². The van der Waals surface area contributed by atoms with E-state index in [9.17, 15) is 9.59 Å². The van der Waals surface area contributed by atoms with Gasteiger partial charge in [0.15, 0.2) is 6.61 Å². The second kappa shape index (κ2) is 7.82. The summed E-state index contributed by atoms with van der Waals surface area (Å²) in [5, 5.41) is 8.24. The summed E-state index contributed by atoms with van der Waals surface area (Å²) in [5.41, 5.74) is 1.04. The predicted molar refractivity (Wildman–Crippen MR) is 65.1 cm³/mol. The molecule has 0 radical (unpaired) electrons. The Balaban J connectivity index is 2.46. The summed E-state index contributed by atoms with van der Waals surface area (Å²) in [4.78, 5) is 26.6. The third kappa shape index (κ3) is 5.17. The van der Waals surface area contributed by atoms with Crippen molar-refractivity contribution < 1.29 is 19.1 Å². The number of hydrogen-bond donors (Lipinski definition) is 0. The molecule has 0 saturated heterocycles.